The molecule has 2 N–H and O–H groups in total. The van der Waals surface area contributed by atoms with Gasteiger partial charge in [0.15, 0.2) is 6.10 Å². The molecule has 0 radical (unpaired) electrons. The Kier molecular flexibility index (Phi) is 3.46. The van der Waals surface area contributed by atoms with E-state index in [1.54, 1.807) is 0 Å². The molecule has 0 aliphatic heterocycles. The lowest BCUT2D eigenvalue weighted by atomic mass is 10.4. The van der Waals surface area contributed by atoms with Crippen LogP contribution < -0.4 is 10.5 Å². The average Bonchev–Trinajstić information content (AvgIpc) is 2.16. The van der Waals surface area contributed by atoms with Gasteiger partial charge in [0, 0.05) is 12.7 Å². The van der Waals surface area contributed by atoms with Gasteiger partial charge in [0.25, 0.3) is 0 Å². The molecule has 0 aliphatic rings. The van der Waals surface area contributed by atoms with Crippen molar-refractivity contribution < 1.29 is 17.9 Å². The number of nitrogens with zero attached hydrogens (tertiary/aromatic N) is 2. The summed E-state index contributed by atoms with van der Waals surface area (Å²) in [4.78, 5) is 7.39. The second kappa shape index (κ2) is 4.43. The van der Waals surface area contributed by atoms with Gasteiger partial charge in [0.2, 0.25) is 5.88 Å². The molecule has 0 fully saturated rings. The molecule has 0 amide bonds. The summed E-state index contributed by atoms with van der Waals surface area (Å²) in [5, 5.41) is 0. The summed E-state index contributed by atoms with van der Waals surface area (Å²) in [6.07, 6.45) is -3.85. The predicted molar refractivity (Wildman–Crippen MR) is 46.1 cm³/mol. The molecule has 1 aromatic heterocycles. The first-order chi connectivity index (χ1) is 6.93. The van der Waals surface area contributed by atoms with Crippen molar-refractivity contribution in [3.8, 4) is 5.88 Å². The molecule has 7 heteroatoms. The lowest BCUT2D eigenvalue weighted by Gasteiger charge is -2.16. The van der Waals surface area contributed by atoms with E-state index >= 15 is 0 Å². The van der Waals surface area contributed by atoms with Gasteiger partial charge in [-0.2, -0.15) is 13.2 Å². The Bertz CT molecular complexity index is 329. The Morgan fingerprint density at radius 1 is 1.47 bits per heavy atom. The number of aromatic nitrogens is 2. The second-order valence-corrected chi connectivity index (χ2v) is 2.85. The van der Waals surface area contributed by atoms with Gasteiger partial charge >= 0.3 is 6.18 Å². The molecule has 0 spiro atoms. The highest BCUT2D eigenvalue weighted by molar-refractivity contribution is 5.08. The summed E-state index contributed by atoms with van der Waals surface area (Å²) in [6, 6.07) is 0. The van der Waals surface area contributed by atoms with E-state index in [1.165, 1.54) is 6.20 Å². The molecule has 0 saturated carbocycles. The van der Waals surface area contributed by atoms with Crippen LogP contribution in [0.4, 0.5) is 13.2 Å². The zero-order chi connectivity index (χ0) is 11.5. The lowest BCUT2D eigenvalue weighted by Crippen LogP contribution is -2.31. The maximum Gasteiger partial charge on any atom is 0.425 e. The largest absolute Gasteiger partial charge is 0.464 e. The Morgan fingerprint density at radius 2 is 2.13 bits per heavy atom. The van der Waals surface area contributed by atoms with Crippen LogP contribution in [0.25, 0.3) is 0 Å². The van der Waals surface area contributed by atoms with E-state index < -0.39 is 12.3 Å². The van der Waals surface area contributed by atoms with Crippen molar-refractivity contribution in [1.82, 2.24) is 9.97 Å². The smallest absolute Gasteiger partial charge is 0.425 e. The van der Waals surface area contributed by atoms with E-state index in [1.807, 2.05) is 0 Å². The van der Waals surface area contributed by atoms with E-state index in [-0.39, 0.29) is 12.4 Å². The van der Waals surface area contributed by atoms with E-state index in [0.29, 0.717) is 5.69 Å². The fourth-order valence-corrected chi connectivity index (χ4v) is 0.789. The monoisotopic (exact) mass is 221 g/mol. The minimum Gasteiger partial charge on any atom is -0.464 e. The molecule has 1 heterocycles. The summed E-state index contributed by atoms with van der Waals surface area (Å²) < 4.78 is 40.9. The topological polar surface area (TPSA) is 61.0 Å². The first kappa shape index (κ1) is 11.7. The first-order valence-corrected chi connectivity index (χ1v) is 4.18. The van der Waals surface area contributed by atoms with Gasteiger partial charge in [-0.15, -0.1) is 0 Å². The molecule has 1 unspecified atom stereocenters. The molecule has 0 aliphatic carbocycles. The molecule has 1 rings (SSSR count). The summed E-state index contributed by atoms with van der Waals surface area (Å²) >= 11 is 0. The summed E-state index contributed by atoms with van der Waals surface area (Å²) in [6.45, 7) is 1.00. The zero-order valence-corrected chi connectivity index (χ0v) is 7.95. The van der Waals surface area contributed by atoms with Gasteiger partial charge in [-0.05, 0) is 6.92 Å². The van der Waals surface area contributed by atoms with Gasteiger partial charge < -0.3 is 10.5 Å². The fourth-order valence-electron chi connectivity index (χ4n) is 0.789. The highest BCUT2D eigenvalue weighted by Crippen LogP contribution is 2.23. The van der Waals surface area contributed by atoms with Gasteiger partial charge in [0.1, 0.15) is 0 Å². The maximum absolute atomic E-state index is 12.1. The fraction of sp³-hybridized carbons (Fsp3) is 0.500. The Labute approximate surface area is 84.3 Å². The normalized spacial score (nSPS) is 13.7. The molecule has 0 saturated heterocycles. The van der Waals surface area contributed by atoms with Crippen LogP contribution in [0.3, 0.4) is 0 Å². The average molecular weight is 221 g/mol. The van der Waals surface area contributed by atoms with Gasteiger partial charge in [-0.3, -0.25) is 4.98 Å². The highest BCUT2D eigenvalue weighted by Gasteiger charge is 2.38. The van der Waals surface area contributed by atoms with E-state index in [2.05, 4.69) is 14.7 Å². The third-order valence-electron chi connectivity index (χ3n) is 1.63. The van der Waals surface area contributed by atoms with Crippen LogP contribution in [-0.2, 0) is 6.54 Å². The van der Waals surface area contributed by atoms with Gasteiger partial charge in [-0.1, -0.05) is 0 Å². The van der Waals surface area contributed by atoms with E-state index in [4.69, 9.17) is 5.73 Å². The second-order valence-electron chi connectivity index (χ2n) is 2.85. The van der Waals surface area contributed by atoms with Gasteiger partial charge in [0.05, 0.1) is 11.9 Å². The molecule has 15 heavy (non-hydrogen) atoms. The highest BCUT2D eigenvalue weighted by atomic mass is 19.4. The minimum atomic E-state index is -4.42. The van der Waals surface area contributed by atoms with Gasteiger partial charge in [-0.25, -0.2) is 4.98 Å². The standard InChI is InChI=1S/C8H10F3N3O/c1-5(8(9,10)11)15-7-4-13-3-6(2-12)14-7/h3-5H,2,12H2,1H3. The summed E-state index contributed by atoms with van der Waals surface area (Å²) in [5.41, 5.74) is 5.63. The van der Waals surface area contributed by atoms with Crippen molar-refractivity contribution in [3.05, 3.63) is 18.1 Å². The number of hydrogen-bond acceptors (Lipinski definition) is 4. The lowest BCUT2D eigenvalue weighted by molar-refractivity contribution is -0.190. The number of nitrogens with two attached hydrogens (primary N) is 1. The van der Waals surface area contributed by atoms with Crippen molar-refractivity contribution in [1.29, 1.82) is 0 Å². The van der Waals surface area contributed by atoms with E-state index in [9.17, 15) is 13.2 Å². The van der Waals surface area contributed by atoms with E-state index in [0.717, 1.165) is 13.1 Å². The van der Waals surface area contributed by atoms with Crippen LogP contribution in [0.5, 0.6) is 5.88 Å². The molecule has 1 atom stereocenters. The number of ether oxygens (including phenoxy) is 1. The van der Waals surface area contributed by atoms with Crippen molar-refractivity contribution >= 4 is 0 Å². The molecule has 0 bridgehead atoms. The van der Waals surface area contributed by atoms with Crippen LogP contribution in [0.1, 0.15) is 12.6 Å². The summed E-state index contributed by atoms with van der Waals surface area (Å²) in [7, 11) is 0. The van der Waals surface area contributed by atoms with Crippen molar-refractivity contribution in [3.63, 3.8) is 0 Å². The Balaban J connectivity index is 2.72. The van der Waals surface area contributed by atoms with Crippen LogP contribution in [-0.4, -0.2) is 22.2 Å². The predicted octanol–water partition coefficient (Wildman–Crippen LogP) is 1.26. The zero-order valence-electron chi connectivity index (χ0n) is 7.95. The molecule has 1 aromatic rings. The molecular formula is C8H10F3N3O. The van der Waals surface area contributed by atoms with Crippen LogP contribution in [0.2, 0.25) is 0 Å². The summed E-state index contributed by atoms with van der Waals surface area (Å²) in [5.74, 6) is -0.178. The van der Waals surface area contributed by atoms with Crippen LogP contribution in [0.15, 0.2) is 12.4 Å². The SMILES string of the molecule is CC(Oc1cncc(CN)n1)C(F)(F)F. The first-order valence-electron chi connectivity index (χ1n) is 4.18. The maximum atomic E-state index is 12.1. The third-order valence-corrected chi connectivity index (χ3v) is 1.63. The van der Waals surface area contributed by atoms with Crippen LogP contribution >= 0.6 is 0 Å². The molecular weight excluding hydrogens is 211 g/mol. The molecule has 4 nitrogen and oxygen atoms in total. The third kappa shape index (κ3) is 3.35. The minimum absolute atomic E-state index is 0.102. The number of alkyl halides is 3. The number of hydrogen-bond donors (Lipinski definition) is 1. The van der Waals surface area contributed by atoms with Crippen molar-refractivity contribution in [2.24, 2.45) is 5.73 Å². The molecule has 0 aromatic carbocycles. The number of halogens is 3. The van der Waals surface area contributed by atoms with Crippen molar-refractivity contribution in [2.75, 3.05) is 0 Å². The molecule has 84 valence electrons. The Hall–Kier alpha value is -1.37. The van der Waals surface area contributed by atoms with Crippen LogP contribution in [0, 0.1) is 0 Å². The Morgan fingerprint density at radius 3 is 2.67 bits per heavy atom. The number of rotatable bonds is 3. The van der Waals surface area contributed by atoms with Crippen molar-refractivity contribution in [2.45, 2.75) is 25.7 Å². The quantitative estimate of drug-likeness (QED) is 0.834.